The Morgan fingerprint density at radius 3 is 2.83 bits per heavy atom. The number of carbonyl (C=O) groups excluding carboxylic acids is 1. The molecule has 0 aromatic heterocycles. The fraction of sp³-hybridized carbons (Fsp3) is 0.923. The lowest BCUT2D eigenvalue weighted by atomic mass is 10.0. The van der Waals surface area contributed by atoms with Crippen LogP contribution in [0.25, 0.3) is 0 Å². The second-order valence-electron chi connectivity index (χ2n) is 5.01. The van der Waals surface area contributed by atoms with Gasteiger partial charge in [0.25, 0.3) is 0 Å². The Hall–Kier alpha value is -0.420. The van der Waals surface area contributed by atoms with Gasteiger partial charge in [-0.2, -0.15) is 11.8 Å². The van der Waals surface area contributed by atoms with Crippen LogP contribution < -0.4 is 10.6 Å². The Morgan fingerprint density at radius 1 is 1.50 bits per heavy atom. The fourth-order valence-electron chi connectivity index (χ4n) is 2.39. The molecule has 1 rings (SSSR count). The molecule has 4 nitrogen and oxygen atoms in total. The summed E-state index contributed by atoms with van der Waals surface area (Å²) in [5.41, 5.74) is 0. The highest BCUT2D eigenvalue weighted by molar-refractivity contribution is 7.99. The average Bonchev–Trinajstić information content (AvgIpc) is 2.82. The lowest BCUT2D eigenvalue weighted by Crippen LogP contribution is -2.42. The third kappa shape index (κ3) is 5.48. The van der Waals surface area contributed by atoms with E-state index in [-0.39, 0.29) is 12.6 Å². The predicted octanol–water partition coefficient (Wildman–Crippen LogP) is 1.98. The summed E-state index contributed by atoms with van der Waals surface area (Å²) in [7, 11) is 0. The van der Waals surface area contributed by atoms with Crippen molar-refractivity contribution in [1.82, 2.24) is 10.6 Å². The SMILES string of the molecule is CCC(CCO)CNC(=O)NC1CCC(SC)C1. The molecule has 0 heterocycles. The summed E-state index contributed by atoms with van der Waals surface area (Å²) in [6.07, 6.45) is 7.25. The first-order chi connectivity index (χ1) is 8.69. The molecule has 3 unspecified atom stereocenters. The van der Waals surface area contributed by atoms with E-state index in [1.807, 2.05) is 11.8 Å². The number of hydrogen-bond donors (Lipinski definition) is 3. The van der Waals surface area contributed by atoms with Crippen molar-refractivity contribution < 1.29 is 9.90 Å². The minimum Gasteiger partial charge on any atom is -0.396 e. The number of nitrogens with one attached hydrogen (secondary N) is 2. The van der Waals surface area contributed by atoms with Crippen molar-refractivity contribution in [3.05, 3.63) is 0 Å². The molecule has 0 saturated heterocycles. The lowest BCUT2D eigenvalue weighted by molar-refractivity contribution is 0.228. The largest absolute Gasteiger partial charge is 0.396 e. The van der Waals surface area contributed by atoms with Gasteiger partial charge < -0.3 is 15.7 Å². The average molecular weight is 274 g/mol. The van der Waals surface area contributed by atoms with E-state index in [9.17, 15) is 4.79 Å². The molecule has 1 saturated carbocycles. The van der Waals surface area contributed by atoms with Gasteiger partial charge >= 0.3 is 6.03 Å². The molecule has 106 valence electrons. The van der Waals surface area contributed by atoms with Crippen molar-refractivity contribution >= 4 is 17.8 Å². The van der Waals surface area contributed by atoms with Crippen LogP contribution in [0.1, 0.15) is 39.0 Å². The Labute approximate surface area is 114 Å². The predicted molar refractivity (Wildman–Crippen MR) is 77.0 cm³/mol. The monoisotopic (exact) mass is 274 g/mol. The number of rotatable bonds is 7. The van der Waals surface area contributed by atoms with Crippen LogP contribution in [0.4, 0.5) is 4.79 Å². The van der Waals surface area contributed by atoms with Crippen LogP contribution in [0.5, 0.6) is 0 Å². The summed E-state index contributed by atoms with van der Waals surface area (Å²) in [5, 5.41) is 15.5. The summed E-state index contributed by atoms with van der Waals surface area (Å²) in [6.45, 7) is 2.93. The van der Waals surface area contributed by atoms with Gasteiger partial charge in [0.1, 0.15) is 0 Å². The first-order valence-electron chi connectivity index (χ1n) is 6.87. The van der Waals surface area contributed by atoms with E-state index in [1.54, 1.807) is 0 Å². The molecule has 1 aliphatic rings. The smallest absolute Gasteiger partial charge is 0.315 e. The molecular formula is C13H26N2O2S. The Kier molecular flexibility index (Phi) is 7.51. The number of carbonyl (C=O) groups is 1. The maximum absolute atomic E-state index is 11.7. The van der Waals surface area contributed by atoms with E-state index >= 15 is 0 Å². The van der Waals surface area contributed by atoms with Crippen LogP contribution in [-0.4, -0.2) is 41.8 Å². The second kappa shape index (κ2) is 8.64. The van der Waals surface area contributed by atoms with Crippen LogP contribution in [0.15, 0.2) is 0 Å². The molecule has 0 radical (unpaired) electrons. The molecule has 0 spiro atoms. The van der Waals surface area contributed by atoms with Crippen LogP contribution in [0.3, 0.4) is 0 Å². The number of hydrogen-bond acceptors (Lipinski definition) is 3. The summed E-state index contributed by atoms with van der Waals surface area (Å²) in [4.78, 5) is 11.7. The fourth-order valence-corrected chi connectivity index (χ4v) is 3.19. The van der Waals surface area contributed by atoms with Crippen LogP contribution in [0, 0.1) is 5.92 Å². The third-order valence-electron chi connectivity index (χ3n) is 3.72. The number of thioether (sulfide) groups is 1. The molecule has 1 aliphatic carbocycles. The van der Waals surface area contributed by atoms with Crippen molar-refractivity contribution in [1.29, 1.82) is 0 Å². The maximum Gasteiger partial charge on any atom is 0.315 e. The summed E-state index contributed by atoms with van der Waals surface area (Å²) in [5.74, 6) is 0.378. The van der Waals surface area contributed by atoms with Gasteiger partial charge in [0.05, 0.1) is 0 Å². The van der Waals surface area contributed by atoms with Crippen LogP contribution in [-0.2, 0) is 0 Å². The van der Waals surface area contributed by atoms with Crippen LogP contribution >= 0.6 is 11.8 Å². The summed E-state index contributed by atoms with van der Waals surface area (Å²) < 4.78 is 0. The minimum atomic E-state index is -0.0573. The lowest BCUT2D eigenvalue weighted by Gasteiger charge is -2.17. The quantitative estimate of drug-likeness (QED) is 0.665. The van der Waals surface area contributed by atoms with Gasteiger partial charge in [-0.15, -0.1) is 0 Å². The zero-order valence-electron chi connectivity index (χ0n) is 11.4. The van der Waals surface area contributed by atoms with Gasteiger partial charge in [-0.25, -0.2) is 4.79 Å². The van der Waals surface area contributed by atoms with Gasteiger partial charge in [0.2, 0.25) is 0 Å². The van der Waals surface area contributed by atoms with Crippen molar-refractivity contribution in [3.8, 4) is 0 Å². The van der Waals surface area contributed by atoms with E-state index in [4.69, 9.17) is 5.11 Å². The van der Waals surface area contributed by atoms with E-state index in [1.165, 1.54) is 6.42 Å². The first-order valence-corrected chi connectivity index (χ1v) is 8.16. The maximum atomic E-state index is 11.7. The number of amides is 2. The topological polar surface area (TPSA) is 61.4 Å². The molecule has 0 aromatic carbocycles. The molecule has 0 aromatic rings. The van der Waals surface area contributed by atoms with E-state index in [2.05, 4.69) is 23.8 Å². The minimum absolute atomic E-state index is 0.0573. The van der Waals surface area contributed by atoms with Gasteiger partial charge in [0.15, 0.2) is 0 Å². The highest BCUT2D eigenvalue weighted by Crippen LogP contribution is 2.27. The summed E-state index contributed by atoms with van der Waals surface area (Å²) >= 11 is 1.89. The van der Waals surface area contributed by atoms with Crippen molar-refractivity contribution in [2.75, 3.05) is 19.4 Å². The molecule has 2 amide bonds. The molecular weight excluding hydrogens is 248 g/mol. The molecule has 0 aliphatic heterocycles. The Bertz CT molecular complexity index is 251. The van der Waals surface area contributed by atoms with Crippen molar-refractivity contribution in [3.63, 3.8) is 0 Å². The summed E-state index contributed by atoms with van der Waals surface area (Å²) in [6, 6.07) is 0.276. The standard InChI is InChI=1S/C13H26N2O2S/c1-3-10(6-7-16)9-14-13(17)15-11-4-5-12(8-11)18-2/h10-12,16H,3-9H2,1-2H3,(H2,14,15,17). The zero-order chi connectivity index (χ0) is 13.4. The zero-order valence-corrected chi connectivity index (χ0v) is 12.3. The van der Waals surface area contributed by atoms with Gasteiger partial charge in [-0.3, -0.25) is 0 Å². The molecule has 3 N–H and O–H groups in total. The Morgan fingerprint density at radius 2 is 2.28 bits per heavy atom. The van der Waals surface area contributed by atoms with Crippen molar-refractivity contribution in [2.24, 2.45) is 5.92 Å². The first kappa shape index (κ1) is 15.6. The number of aliphatic hydroxyl groups excluding tert-OH is 1. The van der Waals surface area contributed by atoms with Gasteiger partial charge in [0, 0.05) is 24.4 Å². The Balaban J connectivity index is 2.17. The van der Waals surface area contributed by atoms with Crippen molar-refractivity contribution in [2.45, 2.75) is 50.3 Å². The van der Waals surface area contributed by atoms with E-state index in [0.29, 0.717) is 23.8 Å². The van der Waals surface area contributed by atoms with E-state index in [0.717, 1.165) is 25.7 Å². The molecule has 0 bridgehead atoms. The van der Waals surface area contributed by atoms with Gasteiger partial charge in [-0.05, 0) is 37.9 Å². The molecule has 5 heteroatoms. The number of urea groups is 1. The van der Waals surface area contributed by atoms with Gasteiger partial charge in [-0.1, -0.05) is 13.3 Å². The third-order valence-corrected chi connectivity index (χ3v) is 4.81. The highest BCUT2D eigenvalue weighted by Gasteiger charge is 2.25. The highest BCUT2D eigenvalue weighted by atomic mass is 32.2. The molecule has 3 atom stereocenters. The number of aliphatic hydroxyl groups is 1. The normalized spacial score (nSPS) is 24.8. The molecule has 1 fully saturated rings. The second-order valence-corrected chi connectivity index (χ2v) is 6.15. The van der Waals surface area contributed by atoms with E-state index < -0.39 is 0 Å². The van der Waals surface area contributed by atoms with Crippen LogP contribution in [0.2, 0.25) is 0 Å². The molecule has 18 heavy (non-hydrogen) atoms.